The number of pyridine rings is 1. The van der Waals surface area contributed by atoms with Crippen molar-refractivity contribution < 1.29 is 4.39 Å². The first kappa shape index (κ1) is 22.7. The van der Waals surface area contributed by atoms with E-state index >= 15 is 0 Å². The molecule has 0 saturated carbocycles. The second-order valence-corrected chi connectivity index (χ2v) is 6.81. The lowest BCUT2D eigenvalue weighted by Crippen LogP contribution is -2.38. The van der Waals surface area contributed by atoms with E-state index < -0.39 is 0 Å². The Hall–Kier alpha value is -1.35. The van der Waals surface area contributed by atoms with E-state index in [0.717, 1.165) is 48.2 Å². The molecule has 1 aromatic carbocycles. The van der Waals surface area contributed by atoms with Gasteiger partial charge < -0.3 is 10.6 Å². The van der Waals surface area contributed by atoms with Crippen LogP contribution in [0, 0.1) is 12.7 Å². The number of nitrogens with zero attached hydrogens (tertiary/aromatic N) is 2. The van der Waals surface area contributed by atoms with Crippen LogP contribution in [0.4, 0.5) is 4.39 Å². The van der Waals surface area contributed by atoms with E-state index in [-0.39, 0.29) is 29.8 Å². The van der Waals surface area contributed by atoms with Gasteiger partial charge in [-0.25, -0.2) is 4.39 Å². The van der Waals surface area contributed by atoms with Gasteiger partial charge in [0.15, 0.2) is 5.96 Å². The maximum Gasteiger partial charge on any atom is 0.190 e. The van der Waals surface area contributed by atoms with Gasteiger partial charge in [0.25, 0.3) is 0 Å². The summed E-state index contributed by atoms with van der Waals surface area (Å²) in [4.78, 5) is 9.62. The average molecular weight is 488 g/mol. The first-order chi connectivity index (χ1) is 12.2. The van der Waals surface area contributed by atoms with Crippen LogP contribution in [0.15, 0.2) is 52.5 Å². The summed E-state index contributed by atoms with van der Waals surface area (Å²) in [6.07, 6.45) is 3.83. The summed E-state index contributed by atoms with van der Waals surface area (Å²) in [7, 11) is 1.77. The molecule has 7 heteroatoms. The van der Waals surface area contributed by atoms with E-state index in [4.69, 9.17) is 0 Å². The molecule has 142 valence electrons. The number of hydrogen-bond acceptors (Lipinski definition) is 3. The summed E-state index contributed by atoms with van der Waals surface area (Å²) in [5.41, 5.74) is 2.25. The van der Waals surface area contributed by atoms with Crippen molar-refractivity contribution in [1.82, 2.24) is 15.6 Å². The predicted molar refractivity (Wildman–Crippen MR) is 119 cm³/mol. The lowest BCUT2D eigenvalue weighted by molar-refractivity contribution is 0.626. The Morgan fingerprint density at radius 1 is 1.12 bits per heavy atom. The number of halogens is 2. The van der Waals surface area contributed by atoms with Crippen molar-refractivity contribution in [3.05, 3.63) is 59.7 Å². The minimum Gasteiger partial charge on any atom is -0.356 e. The molecule has 2 N–H and O–H groups in total. The van der Waals surface area contributed by atoms with E-state index in [0.29, 0.717) is 0 Å². The number of rotatable bonds is 8. The number of nitrogens with one attached hydrogen (secondary N) is 2. The fourth-order valence-electron chi connectivity index (χ4n) is 2.19. The summed E-state index contributed by atoms with van der Waals surface area (Å²) >= 11 is 1.73. The minimum absolute atomic E-state index is 0. The van der Waals surface area contributed by atoms with Crippen LogP contribution in [0.25, 0.3) is 0 Å². The van der Waals surface area contributed by atoms with E-state index in [2.05, 4.69) is 26.7 Å². The highest BCUT2D eigenvalue weighted by Gasteiger charge is 1.99. The standard InChI is InChI=1S/C19H25FN4S.HI/c1-15-4-5-16(14-24-15)10-12-23-19(21-2)22-11-3-13-25-18-8-6-17(20)7-9-18;/h4-9,14H,3,10-13H2,1-2H3,(H2,21,22,23);1H. The van der Waals surface area contributed by atoms with Crippen LogP contribution in [-0.2, 0) is 6.42 Å². The third-order valence-electron chi connectivity index (χ3n) is 3.60. The Morgan fingerprint density at radius 2 is 1.85 bits per heavy atom. The predicted octanol–water partition coefficient (Wildman–Crippen LogP) is 4.04. The highest BCUT2D eigenvalue weighted by atomic mass is 127. The van der Waals surface area contributed by atoms with Crippen LogP contribution in [0.5, 0.6) is 0 Å². The normalized spacial score (nSPS) is 11.0. The molecule has 0 fully saturated rings. The number of hydrogen-bond donors (Lipinski definition) is 2. The van der Waals surface area contributed by atoms with Crippen molar-refractivity contribution in [3.63, 3.8) is 0 Å². The molecule has 0 spiro atoms. The van der Waals surface area contributed by atoms with Crippen LogP contribution in [0.2, 0.25) is 0 Å². The number of aryl methyl sites for hydroxylation is 1. The van der Waals surface area contributed by atoms with Gasteiger partial charge in [-0.2, -0.15) is 0 Å². The lowest BCUT2D eigenvalue weighted by atomic mass is 10.2. The molecule has 2 rings (SSSR count). The van der Waals surface area contributed by atoms with Crippen LogP contribution in [0.3, 0.4) is 0 Å². The molecule has 26 heavy (non-hydrogen) atoms. The van der Waals surface area contributed by atoms with Crippen molar-refractivity contribution in [2.45, 2.75) is 24.7 Å². The lowest BCUT2D eigenvalue weighted by Gasteiger charge is -2.11. The van der Waals surface area contributed by atoms with Crippen molar-refractivity contribution in [1.29, 1.82) is 0 Å². The highest BCUT2D eigenvalue weighted by Crippen LogP contribution is 2.18. The van der Waals surface area contributed by atoms with E-state index in [1.165, 1.54) is 17.7 Å². The van der Waals surface area contributed by atoms with Crippen LogP contribution in [0.1, 0.15) is 17.7 Å². The summed E-state index contributed by atoms with van der Waals surface area (Å²) in [6, 6.07) is 10.8. The molecule has 1 aromatic heterocycles. The molecule has 2 aromatic rings. The van der Waals surface area contributed by atoms with E-state index in [1.807, 2.05) is 31.3 Å². The fraction of sp³-hybridized carbons (Fsp3) is 0.368. The Labute approximate surface area is 176 Å². The van der Waals surface area contributed by atoms with Crippen molar-refractivity contribution in [2.24, 2.45) is 4.99 Å². The first-order valence-corrected chi connectivity index (χ1v) is 9.40. The zero-order valence-corrected chi connectivity index (χ0v) is 18.3. The largest absolute Gasteiger partial charge is 0.356 e. The van der Waals surface area contributed by atoms with E-state index in [1.54, 1.807) is 18.8 Å². The summed E-state index contributed by atoms with van der Waals surface area (Å²) < 4.78 is 12.8. The number of guanidine groups is 1. The van der Waals surface area contributed by atoms with Crippen molar-refractivity contribution >= 4 is 41.7 Å². The minimum atomic E-state index is -0.192. The fourth-order valence-corrected chi connectivity index (χ4v) is 3.04. The van der Waals surface area contributed by atoms with Gasteiger partial charge in [-0.3, -0.25) is 9.98 Å². The molecule has 0 atom stereocenters. The van der Waals surface area contributed by atoms with Gasteiger partial charge in [-0.05, 0) is 61.4 Å². The third kappa shape index (κ3) is 8.84. The van der Waals surface area contributed by atoms with Gasteiger partial charge in [0.05, 0.1) is 0 Å². The molecular weight excluding hydrogens is 462 g/mol. The number of benzene rings is 1. The Kier molecular flexibility index (Phi) is 11.3. The number of aromatic nitrogens is 1. The molecule has 0 aliphatic heterocycles. The second kappa shape index (κ2) is 12.9. The first-order valence-electron chi connectivity index (χ1n) is 8.42. The number of thioether (sulfide) groups is 1. The van der Waals surface area contributed by atoms with Gasteiger partial charge in [0, 0.05) is 36.9 Å². The quantitative estimate of drug-likeness (QED) is 0.194. The molecule has 0 aliphatic rings. The van der Waals surface area contributed by atoms with Gasteiger partial charge in [-0.15, -0.1) is 35.7 Å². The zero-order chi connectivity index (χ0) is 17.9. The van der Waals surface area contributed by atoms with E-state index in [9.17, 15) is 4.39 Å². The number of aliphatic imine (C=N–C) groups is 1. The van der Waals surface area contributed by atoms with Gasteiger partial charge in [0.2, 0.25) is 0 Å². The zero-order valence-electron chi connectivity index (χ0n) is 15.2. The Balaban J connectivity index is 0.00000338. The Bertz CT molecular complexity index is 662. The topological polar surface area (TPSA) is 49.3 Å². The van der Waals surface area contributed by atoms with Gasteiger partial charge in [-0.1, -0.05) is 6.07 Å². The molecule has 0 bridgehead atoms. The molecule has 0 unspecified atom stereocenters. The molecule has 1 heterocycles. The maximum atomic E-state index is 12.8. The average Bonchev–Trinajstić information content (AvgIpc) is 2.63. The van der Waals surface area contributed by atoms with Crippen LogP contribution >= 0.6 is 35.7 Å². The maximum absolute atomic E-state index is 12.8. The highest BCUT2D eigenvalue weighted by molar-refractivity contribution is 14.0. The van der Waals surface area contributed by atoms with Crippen molar-refractivity contribution in [3.8, 4) is 0 Å². The molecule has 0 saturated heterocycles. The van der Waals surface area contributed by atoms with Gasteiger partial charge >= 0.3 is 0 Å². The molecule has 4 nitrogen and oxygen atoms in total. The second-order valence-electron chi connectivity index (χ2n) is 5.64. The van der Waals surface area contributed by atoms with Crippen LogP contribution < -0.4 is 10.6 Å². The van der Waals surface area contributed by atoms with Gasteiger partial charge in [0.1, 0.15) is 5.82 Å². The SMILES string of the molecule is CN=C(NCCCSc1ccc(F)cc1)NCCc1ccc(C)nc1.I. The summed E-state index contributed by atoms with van der Waals surface area (Å²) in [5.74, 6) is 1.60. The molecular formula is C19H26FIN4S. The molecule has 0 radical (unpaired) electrons. The Morgan fingerprint density at radius 3 is 2.50 bits per heavy atom. The van der Waals surface area contributed by atoms with Crippen molar-refractivity contribution in [2.75, 3.05) is 25.9 Å². The third-order valence-corrected chi connectivity index (χ3v) is 4.70. The molecule has 0 aliphatic carbocycles. The summed E-state index contributed by atoms with van der Waals surface area (Å²) in [5, 5.41) is 6.62. The molecule has 0 amide bonds. The van der Waals surface area contributed by atoms with Crippen LogP contribution in [-0.4, -0.2) is 36.8 Å². The summed E-state index contributed by atoms with van der Waals surface area (Å²) in [6.45, 7) is 3.65. The monoisotopic (exact) mass is 488 g/mol. The smallest absolute Gasteiger partial charge is 0.190 e.